The summed E-state index contributed by atoms with van der Waals surface area (Å²) in [4.78, 5) is 11.6. The monoisotopic (exact) mass is 230 g/mol. The summed E-state index contributed by atoms with van der Waals surface area (Å²) in [7, 11) is 0. The Labute approximate surface area is 96.6 Å². The lowest BCUT2D eigenvalue weighted by atomic mass is 9.80. The lowest BCUT2D eigenvalue weighted by molar-refractivity contribution is -0.122. The Hall–Kier alpha value is -0.220. The van der Waals surface area contributed by atoms with Crippen LogP contribution in [0.5, 0.6) is 0 Å². The summed E-state index contributed by atoms with van der Waals surface area (Å²) in [6, 6.07) is 0. The third kappa shape index (κ3) is 4.89. The van der Waals surface area contributed by atoms with Crippen molar-refractivity contribution in [1.29, 1.82) is 0 Å². The van der Waals surface area contributed by atoms with Crippen molar-refractivity contribution in [3.05, 3.63) is 0 Å². The van der Waals surface area contributed by atoms with Crippen LogP contribution < -0.4 is 11.1 Å². The van der Waals surface area contributed by atoms with Crippen LogP contribution in [-0.2, 0) is 4.79 Å². The Bertz CT molecular complexity index is 203. The average molecular weight is 230 g/mol. The maximum absolute atomic E-state index is 11.6. The third-order valence-electron chi connectivity index (χ3n) is 2.99. The van der Waals surface area contributed by atoms with Gasteiger partial charge < -0.3 is 11.1 Å². The molecule has 3 N–H and O–H groups in total. The summed E-state index contributed by atoms with van der Waals surface area (Å²) >= 11 is 1.74. The van der Waals surface area contributed by atoms with E-state index in [0.717, 1.165) is 25.1 Å². The van der Waals surface area contributed by atoms with E-state index in [0.29, 0.717) is 6.42 Å². The minimum atomic E-state index is -0.221. The van der Waals surface area contributed by atoms with Gasteiger partial charge in [0.2, 0.25) is 5.91 Å². The Morgan fingerprint density at radius 2 is 2.07 bits per heavy atom. The summed E-state index contributed by atoms with van der Waals surface area (Å²) in [6.45, 7) is 0.760. The van der Waals surface area contributed by atoms with Gasteiger partial charge in [0, 0.05) is 24.3 Å². The predicted octanol–water partition coefficient (Wildman–Crippen LogP) is 1.52. The number of hydrogen-bond donors (Lipinski definition) is 2. The molecule has 15 heavy (non-hydrogen) atoms. The zero-order valence-electron chi connectivity index (χ0n) is 9.55. The van der Waals surface area contributed by atoms with Crippen LogP contribution in [0, 0.1) is 0 Å². The molecule has 3 nitrogen and oxygen atoms in total. The highest BCUT2D eigenvalue weighted by molar-refractivity contribution is 7.98. The van der Waals surface area contributed by atoms with E-state index in [1.165, 1.54) is 19.3 Å². The van der Waals surface area contributed by atoms with E-state index in [1.54, 1.807) is 11.8 Å². The van der Waals surface area contributed by atoms with Gasteiger partial charge in [-0.25, -0.2) is 0 Å². The molecule has 1 rings (SSSR count). The molecule has 1 aliphatic rings. The van der Waals surface area contributed by atoms with Crippen molar-refractivity contribution >= 4 is 17.7 Å². The van der Waals surface area contributed by atoms with Crippen molar-refractivity contribution in [2.75, 3.05) is 18.6 Å². The molecule has 0 heterocycles. The molecular formula is C11H22N2OS. The Morgan fingerprint density at radius 1 is 1.40 bits per heavy atom. The summed E-state index contributed by atoms with van der Waals surface area (Å²) in [5.41, 5.74) is 5.98. The second-order valence-electron chi connectivity index (χ2n) is 4.44. The van der Waals surface area contributed by atoms with E-state index in [4.69, 9.17) is 5.73 Å². The van der Waals surface area contributed by atoms with Gasteiger partial charge in [-0.1, -0.05) is 19.3 Å². The fourth-order valence-electron chi connectivity index (χ4n) is 2.11. The van der Waals surface area contributed by atoms with Crippen molar-refractivity contribution in [1.82, 2.24) is 5.32 Å². The van der Waals surface area contributed by atoms with Crippen molar-refractivity contribution in [3.8, 4) is 0 Å². The molecule has 0 aliphatic heterocycles. The summed E-state index contributed by atoms with van der Waals surface area (Å²) in [5, 5.41) is 2.92. The van der Waals surface area contributed by atoms with Gasteiger partial charge in [-0.15, -0.1) is 0 Å². The van der Waals surface area contributed by atoms with Gasteiger partial charge in [-0.05, 0) is 19.1 Å². The van der Waals surface area contributed by atoms with Crippen molar-refractivity contribution in [2.45, 2.75) is 44.1 Å². The number of nitrogens with one attached hydrogen (secondary N) is 1. The fourth-order valence-corrected chi connectivity index (χ4v) is 2.41. The second-order valence-corrected chi connectivity index (χ2v) is 5.43. The fraction of sp³-hybridized carbons (Fsp3) is 0.909. The quantitative estimate of drug-likeness (QED) is 0.704. The first-order valence-electron chi connectivity index (χ1n) is 5.71. The first-order chi connectivity index (χ1) is 7.16. The summed E-state index contributed by atoms with van der Waals surface area (Å²) in [6.07, 6.45) is 8.17. The highest BCUT2D eigenvalue weighted by atomic mass is 32.2. The lowest BCUT2D eigenvalue weighted by Crippen LogP contribution is -2.46. The highest BCUT2D eigenvalue weighted by Gasteiger charge is 2.29. The Kier molecular flexibility index (Phi) is 5.47. The van der Waals surface area contributed by atoms with E-state index in [2.05, 4.69) is 5.32 Å². The number of thioether (sulfide) groups is 1. The molecular weight excluding hydrogens is 208 g/mol. The number of amides is 1. The lowest BCUT2D eigenvalue weighted by Gasteiger charge is -2.32. The minimum absolute atomic E-state index is 0.119. The van der Waals surface area contributed by atoms with Crippen LogP contribution in [0.15, 0.2) is 0 Å². The topological polar surface area (TPSA) is 55.1 Å². The Balaban J connectivity index is 2.23. The predicted molar refractivity (Wildman–Crippen MR) is 66.0 cm³/mol. The van der Waals surface area contributed by atoms with Gasteiger partial charge in [-0.3, -0.25) is 4.79 Å². The molecule has 1 amide bonds. The van der Waals surface area contributed by atoms with Gasteiger partial charge in [0.25, 0.3) is 0 Å². The van der Waals surface area contributed by atoms with Crippen molar-refractivity contribution in [3.63, 3.8) is 0 Å². The maximum Gasteiger partial charge on any atom is 0.221 e. The zero-order valence-corrected chi connectivity index (χ0v) is 10.4. The van der Waals surface area contributed by atoms with Gasteiger partial charge in [0.1, 0.15) is 0 Å². The minimum Gasteiger partial charge on any atom is -0.355 e. The van der Waals surface area contributed by atoms with E-state index >= 15 is 0 Å². The van der Waals surface area contributed by atoms with E-state index in [-0.39, 0.29) is 11.4 Å². The van der Waals surface area contributed by atoms with Crippen molar-refractivity contribution in [2.24, 2.45) is 5.73 Å². The highest BCUT2D eigenvalue weighted by Crippen LogP contribution is 2.28. The number of carbonyl (C=O) groups excluding carboxylic acids is 1. The van der Waals surface area contributed by atoms with Crippen LogP contribution in [0.25, 0.3) is 0 Å². The molecule has 88 valence electrons. The van der Waals surface area contributed by atoms with Crippen LogP contribution >= 0.6 is 11.8 Å². The smallest absolute Gasteiger partial charge is 0.221 e. The van der Waals surface area contributed by atoms with Crippen molar-refractivity contribution < 1.29 is 4.79 Å². The molecule has 0 spiro atoms. The number of carbonyl (C=O) groups is 1. The largest absolute Gasteiger partial charge is 0.355 e. The molecule has 0 unspecified atom stereocenters. The second kappa shape index (κ2) is 6.38. The number of rotatable bonds is 5. The number of nitrogens with two attached hydrogens (primary N) is 1. The molecule has 1 aliphatic carbocycles. The van der Waals surface area contributed by atoms with Gasteiger partial charge >= 0.3 is 0 Å². The average Bonchev–Trinajstić information content (AvgIpc) is 2.18. The molecule has 0 bridgehead atoms. The molecule has 0 radical (unpaired) electrons. The molecule has 0 atom stereocenters. The maximum atomic E-state index is 11.6. The normalized spacial score (nSPS) is 19.9. The summed E-state index contributed by atoms with van der Waals surface area (Å²) in [5.74, 6) is 1.09. The summed E-state index contributed by atoms with van der Waals surface area (Å²) < 4.78 is 0. The van der Waals surface area contributed by atoms with E-state index in [1.807, 2.05) is 6.26 Å². The third-order valence-corrected chi connectivity index (χ3v) is 3.60. The van der Waals surface area contributed by atoms with Crippen LogP contribution in [-0.4, -0.2) is 30.0 Å². The Morgan fingerprint density at radius 3 is 2.67 bits per heavy atom. The first-order valence-corrected chi connectivity index (χ1v) is 7.10. The molecule has 1 saturated carbocycles. The molecule has 0 saturated heterocycles. The molecule has 0 aromatic heterocycles. The first kappa shape index (κ1) is 12.8. The molecule has 0 aromatic rings. The molecule has 1 fully saturated rings. The van der Waals surface area contributed by atoms with Crippen LogP contribution in [0.3, 0.4) is 0 Å². The van der Waals surface area contributed by atoms with Gasteiger partial charge in [0.05, 0.1) is 0 Å². The molecule has 0 aromatic carbocycles. The van der Waals surface area contributed by atoms with Crippen LogP contribution in [0.2, 0.25) is 0 Å². The van der Waals surface area contributed by atoms with E-state index in [9.17, 15) is 4.79 Å². The van der Waals surface area contributed by atoms with Gasteiger partial charge in [0.15, 0.2) is 0 Å². The van der Waals surface area contributed by atoms with Crippen LogP contribution in [0.1, 0.15) is 38.5 Å². The van der Waals surface area contributed by atoms with Gasteiger partial charge in [-0.2, -0.15) is 11.8 Å². The SMILES string of the molecule is CSCCNC(=O)CC1(N)CCCCC1. The zero-order chi connectivity index (χ0) is 11.1. The van der Waals surface area contributed by atoms with Crippen LogP contribution in [0.4, 0.5) is 0 Å². The standard InChI is InChI=1S/C11H22N2OS/c1-15-8-7-13-10(14)9-11(12)5-3-2-4-6-11/h2-9,12H2,1H3,(H,13,14). The van der Waals surface area contributed by atoms with E-state index < -0.39 is 0 Å². The molecule has 4 heteroatoms. The number of hydrogen-bond acceptors (Lipinski definition) is 3.